The molecular weight excluding hydrogens is 369 g/mol. The molecule has 4 aromatic rings. The molecule has 2 nitrogen and oxygen atoms in total. The summed E-state index contributed by atoms with van der Waals surface area (Å²) in [5, 5.41) is 1.05. The van der Waals surface area contributed by atoms with Crippen molar-refractivity contribution in [2.45, 2.75) is 11.4 Å². The summed E-state index contributed by atoms with van der Waals surface area (Å²) in [6, 6.07) is 22.5. The van der Waals surface area contributed by atoms with Gasteiger partial charge >= 0.3 is 0 Å². The number of fused-ring (bicyclic) bond motifs is 2. The van der Waals surface area contributed by atoms with Crippen LogP contribution in [0, 0.1) is 5.82 Å². The summed E-state index contributed by atoms with van der Waals surface area (Å²) in [6.07, 6.45) is 3.95. The van der Waals surface area contributed by atoms with Crippen molar-refractivity contribution in [2.24, 2.45) is 0 Å². The largest absolute Gasteiger partial charge is 0.342 e. The highest BCUT2D eigenvalue weighted by molar-refractivity contribution is 8.04. The molecular formula is C24H16FNOS. The molecule has 4 heteroatoms. The summed E-state index contributed by atoms with van der Waals surface area (Å²) in [4.78, 5) is 14.4. The number of hydrogen-bond acceptors (Lipinski definition) is 2. The summed E-state index contributed by atoms with van der Waals surface area (Å²) in [6.45, 7) is 0.442. The lowest BCUT2D eigenvalue weighted by Crippen LogP contribution is -2.00. The van der Waals surface area contributed by atoms with Crippen LogP contribution in [0.3, 0.4) is 0 Å². The molecule has 0 radical (unpaired) electrons. The molecule has 0 aliphatic carbocycles. The van der Waals surface area contributed by atoms with E-state index in [1.807, 2.05) is 71.4 Å². The highest BCUT2D eigenvalue weighted by Crippen LogP contribution is 2.41. The number of Topliss-reactive ketones (excluding diaryl/α,β-unsaturated/α-hetero) is 1. The maximum absolute atomic E-state index is 14.1. The fourth-order valence-electron chi connectivity index (χ4n) is 3.61. The Morgan fingerprint density at radius 2 is 1.68 bits per heavy atom. The van der Waals surface area contributed by atoms with Crippen LogP contribution in [0.25, 0.3) is 17.0 Å². The number of carbonyl (C=O) groups is 1. The van der Waals surface area contributed by atoms with Gasteiger partial charge < -0.3 is 4.57 Å². The normalized spacial score (nSPS) is 14.8. The van der Waals surface area contributed by atoms with E-state index in [-0.39, 0.29) is 11.6 Å². The molecule has 0 saturated carbocycles. The average molecular weight is 385 g/mol. The molecule has 1 aliphatic heterocycles. The first-order valence-electron chi connectivity index (χ1n) is 9.05. The number of nitrogens with zero attached hydrogens (tertiary/aromatic N) is 1. The molecule has 5 rings (SSSR count). The Balaban J connectivity index is 1.58. The van der Waals surface area contributed by atoms with Crippen LogP contribution in [0.15, 0.2) is 88.8 Å². The molecule has 0 N–H and O–H groups in total. The topological polar surface area (TPSA) is 22.0 Å². The predicted octanol–water partition coefficient (Wildman–Crippen LogP) is 6.16. The van der Waals surface area contributed by atoms with Gasteiger partial charge in [0.05, 0.1) is 11.4 Å². The number of ketones is 1. The van der Waals surface area contributed by atoms with E-state index in [0.29, 0.717) is 12.1 Å². The van der Waals surface area contributed by atoms with E-state index in [1.54, 1.807) is 12.1 Å². The van der Waals surface area contributed by atoms with Gasteiger partial charge in [-0.1, -0.05) is 60.3 Å². The quantitative estimate of drug-likeness (QED) is 0.394. The van der Waals surface area contributed by atoms with Crippen molar-refractivity contribution >= 4 is 34.5 Å². The third-order valence-corrected chi connectivity index (χ3v) is 6.08. The van der Waals surface area contributed by atoms with Gasteiger partial charge in [-0.25, -0.2) is 4.39 Å². The summed E-state index contributed by atoms with van der Waals surface area (Å²) in [7, 11) is 0. The Bertz CT molecular complexity index is 1250. The molecule has 3 aromatic carbocycles. The fourth-order valence-corrected chi connectivity index (χ4v) is 4.65. The van der Waals surface area contributed by atoms with Gasteiger partial charge in [0, 0.05) is 38.7 Å². The lowest BCUT2D eigenvalue weighted by molar-refractivity contribution is 0.104. The second-order valence-corrected chi connectivity index (χ2v) is 7.84. The van der Waals surface area contributed by atoms with Gasteiger partial charge in [0.15, 0.2) is 0 Å². The van der Waals surface area contributed by atoms with Gasteiger partial charge in [0.25, 0.3) is 0 Å². The van der Waals surface area contributed by atoms with Crippen molar-refractivity contribution in [3.63, 3.8) is 0 Å². The van der Waals surface area contributed by atoms with Crippen LogP contribution in [0.4, 0.5) is 4.39 Å². The minimum Gasteiger partial charge on any atom is -0.342 e. The SMILES string of the molecule is O=C1/C(=C\c2cn(Cc3ccccc3F)c3ccccc23)Sc2ccccc21. The molecule has 28 heavy (non-hydrogen) atoms. The smallest absolute Gasteiger partial charge is 0.200 e. The fraction of sp³-hybridized carbons (Fsp3) is 0.0417. The molecule has 2 heterocycles. The third-order valence-electron chi connectivity index (χ3n) is 4.98. The molecule has 0 spiro atoms. The molecule has 0 bridgehead atoms. The summed E-state index contributed by atoms with van der Waals surface area (Å²) < 4.78 is 16.2. The lowest BCUT2D eigenvalue weighted by Gasteiger charge is -2.06. The first kappa shape index (κ1) is 17.0. The Labute approximate surface area is 166 Å². The Morgan fingerprint density at radius 3 is 2.54 bits per heavy atom. The van der Waals surface area contributed by atoms with E-state index in [0.717, 1.165) is 31.8 Å². The first-order chi connectivity index (χ1) is 13.7. The predicted molar refractivity (Wildman–Crippen MR) is 112 cm³/mol. The molecule has 1 aromatic heterocycles. The second-order valence-electron chi connectivity index (χ2n) is 6.76. The van der Waals surface area contributed by atoms with Gasteiger partial charge in [0.1, 0.15) is 5.82 Å². The number of rotatable bonds is 3. The molecule has 0 unspecified atom stereocenters. The Hall–Kier alpha value is -3.11. The zero-order valence-electron chi connectivity index (χ0n) is 14.9. The molecule has 0 fully saturated rings. The summed E-state index contributed by atoms with van der Waals surface area (Å²) in [5.74, 6) is -0.149. The van der Waals surface area contributed by atoms with Crippen LogP contribution < -0.4 is 0 Å². The summed E-state index contributed by atoms with van der Waals surface area (Å²) >= 11 is 1.51. The number of halogens is 1. The molecule has 0 amide bonds. The highest BCUT2D eigenvalue weighted by Gasteiger charge is 2.25. The van der Waals surface area contributed by atoms with Gasteiger partial charge in [-0.2, -0.15) is 0 Å². The van der Waals surface area contributed by atoms with E-state index >= 15 is 0 Å². The van der Waals surface area contributed by atoms with Crippen LogP contribution in [-0.2, 0) is 6.54 Å². The van der Waals surface area contributed by atoms with Crippen LogP contribution >= 0.6 is 11.8 Å². The summed E-state index contributed by atoms with van der Waals surface area (Å²) in [5.41, 5.74) is 3.39. The molecule has 0 saturated heterocycles. The van der Waals surface area contributed by atoms with Gasteiger partial charge in [-0.05, 0) is 30.3 Å². The van der Waals surface area contributed by atoms with Gasteiger partial charge in [0.2, 0.25) is 5.78 Å². The number of allylic oxidation sites excluding steroid dienone is 1. The molecule has 1 aliphatic rings. The second kappa shape index (κ2) is 6.80. The van der Waals surface area contributed by atoms with Crippen LogP contribution in [0.2, 0.25) is 0 Å². The van der Waals surface area contributed by atoms with E-state index in [9.17, 15) is 9.18 Å². The maximum atomic E-state index is 14.1. The van der Waals surface area contributed by atoms with E-state index in [1.165, 1.54) is 17.8 Å². The van der Waals surface area contributed by atoms with Crippen LogP contribution in [0.5, 0.6) is 0 Å². The number of para-hydroxylation sites is 1. The molecule has 136 valence electrons. The van der Waals surface area contributed by atoms with Crippen molar-refractivity contribution in [3.05, 3.63) is 106 Å². The van der Waals surface area contributed by atoms with Gasteiger partial charge in [-0.15, -0.1) is 0 Å². The number of aromatic nitrogens is 1. The van der Waals surface area contributed by atoms with E-state index in [4.69, 9.17) is 0 Å². The van der Waals surface area contributed by atoms with E-state index < -0.39 is 0 Å². The van der Waals surface area contributed by atoms with Crippen molar-refractivity contribution in [1.82, 2.24) is 4.57 Å². The van der Waals surface area contributed by atoms with Gasteiger partial charge in [-0.3, -0.25) is 4.79 Å². The molecule has 0 atom stereocenters. The highest BCUT2D eigenvalue weighted by atomic mass is 32.2. The number of benzene rings is 3. The van der Waals surface area contributed by atoms with Crippen LogP contribution in [0.1, 0.15) is 21.5 Å². The Morgan fingerprint density at radius 1 is 0.929 bits per heavy atom. The Kier molecular flexibility index (Phi) is 4.14. The van der Waals surface area contributed by atoms with Crippen molar-refractivity contribution < 1.29 is 9.18 Å². The standard InChI is InChI=1S/C24H16FNOS/c25-20-10-4-1-7-16(20)14-26-15-17(18-8-2-5-11-21(18)26)13-23-24(27)19-9-3-6-12-22(19)28-23/h1-13,15H,14H2/b23-13+. The number of thioether (sulfide) groups is 1. The third kappa shape index (κ3) is 2.86. The zero-order chi connectivity index (χ0) is 19.1. The van der Waals surface area contributed by atoms with Crippen LogP contribution in [-0.4, -0.2) is 10.4 Å². The number of hydrogen-bond donors (Lipinski definition) is 0. The average Bonchev–Trinajstić information content (AvgIpc) is 3.22. The van der Waals surface area contributed by atoms with Crippen molar-refractivity contribution in [1.29, 1.82) is 0 Å². The monoisotopic (exact) mass is 385 g/mol. The van der Waals surface area contributed by atoms with E-state index in [2.05, 4.69) is 0 Å². The number of carbonyl (C=O) groups excluding carboxylic acids is 1. The minimum absolute atomic E-state index is 0.0616. The van der Waals surface area contributed by atoms with Crippen molar-refractivity contribution in [2.75, 3.05) is 0 Å². The van der Waals surface area contributed by atoms with Crippen molar-refractivity contribution in [3.8, 4) is 0 Å². The zero-order valence-corrected chi connectivity index (χ0v) is 15.7. The maximum Gasteiger partial charge on any atom is 0.200 e. The lowest BCUT2D eigenvalue weighted by atomic mass is 10.1. The minimum atomic E-state index is -0.211. The first-order valence-corrected chi connectivity index (χ1v) is 9.87.